The number of hydrogen-bond acceptors (Lipinski definition) is 4. The van der Waals surface area contributed by atoms with E-state index in [4.69, 9.17) is 0 Å². The molecular formula is C13H23N3O3. The molecule has 2 atom stereocenters. The highest BCUT2D eigenvalue weighted by Gasteiger charge is 2.23. The summed E-state index contributed by atoms with van der Waals surface area (Å²) in [5.74, 6) is -0.267. The van der Waals surface area contributed by atoms with Crippen LogP contribution in [0.1, 0.15) is 39.0 Å². The van der Waals surface area contributed by atoms with Crippen LogP contribution >= 0.6 is 0 Å². The van der Waals surface area contributed by atoms with Crippen LogP contribution in [0.4, 0.5) is 0 Å². The third-order valence-electron chi connectivity index (χ3n) is 3.37. The lowest BCUT2D eigenvalue weighted by Gasteiger charge is -2.21. The minimum absolute atomic E-state index is 0.0238. The van der Waals surface area contributed by atoms with Gasteiger partial charge in [-0.2, -0.15) is 0 Å². The Morgan fingerprint density at radius 2 is 2.00 bits per heavy atom. The molecule has 0 aromatic rings. The van der Waals surface area contributed by atoms with Gasteiger partial charge in [-0.15, -0.1) is 0 Å². The highest BCUT2D eigenvalue weighted by molar-refractivity contribution is 5.90. The van der Waals surface area contributed by atoms with E-state index in [1.165, 1.54) is 6.92 Å². The third kappa shape index (κ3) is 5.38. The van der Waals surface area contributed by atoms with Gasteiger partial charge in [0, 0.05) is 13.0 Å². The molecule has 0 aromatic carbocycles. The number of rotatable bonds is 2. The number of ketones is 1. The van der Waals surface area contributed by atoms with E-state index in [2.05, 4.69) is 16.0 Å². The van der Waals surface area contributed by atoms with Crippen molar-refractivity contribution in [2.24, 2.45) is 0 Å². The van der Waals surface area contributed by atoms with E-state index in [0.717, 1.165) is 12.8 Å². The Balaban J connectivity index is 2.70. The summed E-state index contributed by atoms with van der Waals surface area (Å²) < 4.78 is 0. The van der Waals surface area contributed by atoms with Gasteiger partial charge in [-0.25, -0.2) is 0 Å². The quantitative estimate of drug-likeness (QED) is 0.644. The van der Waals surface area contributed by atoms with E-state index in [-0.39, 0.29) is 17.6 Å². The van der Waals surface area contributed by atoms with E-state index >= 15 is 0 Å². The van der Waals surface area contributed by atoms with Crippen molar-refractivity contribution in [2.75, 3.05) is 13.6 Å². The third-order valence-corrected chi connectivity index (χ3v) is 3.37. The van der Waals surface area contributed by atoms with Gasteiger partial charge in [-0.3, -0.25) is 14.4 Å². The van der Waals surface area contributed by atoms with Crippen LogP contribution in [0.2, 0.25) is 0 Å². The maximum absolute atomic E-state index is 12.0. The highest BCUT2D eigenvalue weighted by atomic mass is 16.2. The monoisotopic (exact) mass is 269 g/mol. The molecule has 1 aliphatic heterocycles. The average molecular weight is 269 g/mol. The predicted octanol–water partition coefficient (Wildman–Crippen LogP) is -0.271. The maximum atomic E-state index is 12.0. The molecule has 1 fully saturated rings. The van der Waals surface area contributed by atoms with Crippen LogP contribution in [-0.4, -0.2) is 43.3 Å². The zero-order chi connectivity index (χ0) is 14.3. The Kier molecular flexibility index (Phi) is 6.49. The van der Waals surface area contributed by atoms with Crippen LogP contribution in [0.25, 0.3) is 0 Å². The predicted molar refractivity (Wildman–Crippen MR) is 71.6 cm³/mol. The summed E-state index contributed by atoms with van der Waals surface area (Å²) in [6.45, 7) is 2.12. The highest BCUT2D eigenvalue weighted by Crippen LogP contribution is 2.06. The SMILES string of the molecule is CN[C@H]1CCC(=O)NCCCC[C@@H](C(C)=O)NC1=O. The summed E-state index contributed by atoms with van der Waals surface area (Å²) in [5, 5.41) is 8.47. The van der Waals surface area contributed by atoms with Gasteiger partial charge in [0.1, 0.15) is 0 Å². The zero-order valence-electron chi connectivity index (χ0n) is 11.6. The molecule has 1 heterocycles. The number of likely N-dealkylation sites (N-methyl/N-ethyl adjacent to an activating group) is 1. The molecule has 1 aliphatic rings. The Hall–Kier alpha value is -1.43. The molecular weight excluding hydrogens is 246 g/mol. The molecule has 1 saturated heterocycles. The minimum atomic E-state index is -0.438. The van der Waals surface area contributed by atoms with Crippen molar-refractivity contribution in [3.63, 3.8) is 0 Å². The van der Waals surface area contributed by atoms with Crippen molar-refractivity contribution in [3.8, 4) is 0 Å². The summed E-state index contributed by atoms with van der Waals surface area (Å²) in [6, 6.07) is -0.856. The van der Waals surface area contributed by atoms with Crippen molar-refractivity contribution < 1.29 is 14.4 Å². The summed E-state index contributed by atoms with van der Waals surface area (Å²) in [5.41, 5.74) is 0. The molecule has 6 nitrogen and oxygen atoms in total. The van der Waals surface area contributed by atoms with E-state index in [1.54, 1.807) is 7.05 Å². The van der Waals surface area contributed by atoms with Crippen molar-refractivity contribution in [1.82, 2.24) is 16.0 Å². The topological polar surface area (TPSA) is 87.3 Å². The number of carbonyl (C=O) groups excluding carboxylic acids is 3. The van der Waals surface area contributed by atoms with Gasteiger partial charge in [0.2, 0.25) is 11.8 Å². The van der Waals surface area contributed by atoms with Crippen LogP contribution in [-0.2, 0) is 14.4 Å². The van der Waals surface area contributed by atoms with Crippen LogP contribution < -0.4 is 16.0 Å². The minimum Gasteiger partial charge on any atom is -0.356 e. The molecule has 108 valence electrons. The number of carbonyl (C=O) groups is 3. The first kappa shape index (κ1) is 15.6. The van der Waals surface area contributed by atoms with E-state index in [0.29, 0.717) is 25.8 Å². The number of amides is 2. The first-order chi connectivity index (χ1) is 9.04. The van der Waals surface area contributed by atoms with Crippen molar-refractivity contribution >= 4 is 17.6 Å². The summed E-state index contributed by atoms with van der Waals surface area (Å²) in [4.78, 5) is 35.0. The van der Waals surface area contributed by atoms with Crippen LogP contribution in [0.5, 0.6) is 0 Å². The van der Waals surface area contributed by atoms with Crippen LogP contribution in [0, 0.1) is 0 Å². The fourth-order valence-corrected chi connectivity index (χ4v) is 2.12. The molecule has 19 heavy (non-hydrogen) atoms. The van der Waals surface area contributed by atoms with Gasteiger partial charge in [0.15, 0.2) is 5.78 Å². The molecule has 3 N–H and O–H groups in total. The first-order valence-corrected chi connectivity index (χ1v) is 6.79. The Bertz CT molecular complexity index is 344. The maximum Gasteiger partial charge on any atom is 0.237 e. The Labute approximate surface area is 113 Å². The second-order valence-electron chi connectivity index (χ2n) is 4.90. The second-order valence-corrected chi connectivity index (χ2v) is 4.90. The lowest BCUT2D eigenvalue weighted by Crippen LogP contribution is -2.49. The number of nitrogens with one attached hydrogen (secondary N) is 3. The molecule has 0 radical (unpaired) electrons. The fraction of sp³-hybridized carbons (Fsp3) is 0.769. The molecule has 0 bridgehead atoms. The second kappa shape index (κ2) is 7.89. The summed E-state index contributed by atoms with van der Waals surface area (Å²) in [6.07, 6.45) is 2.98. The molecule has 6 heteroatoms. The Morgan fingerprint density at radius 1 is 1.26 bits per heavy atom. The molecule has 0 saturated carbocycles. The standard InChI is InChI=1S/C13H23N3O3/c1-9(17)10-5-3-4-8-15-12(18)7-6-11(14-2)13(19)16-10/h10-11,14H,3-8H2,1-2H3,(H,15,18)(H,16,19)/t10-,11-/m0/s1. The Morgan fingerprint density at radius 3 is 2.63 bits per heavy atom. The normalized spacial score (nSPS) is 26.6. The summed E-state index contributed by atoms with van der Waals surface area (Å²) in [7, 11) is 1.68. The molecule has 0 aliphatic carbocycles. The van der Waals surface area contributed by atoms with Crippen molar-refractivity contribution in [1.29, 1.82) is 0 Å². The van der Waals surface area contributed by atoms with E-state index < -0.39 is 12.1 Å². The summed E-state index contributed by atoms with van der Waals surface area (Å²) >= 11 is 0. The van der Waals surface area contributed by atoms with Crippen LogP contribution in [0.3, 0.4) is 0 Å². The van der Waals surface area contributed by atoms with Crippen molar-refractivity contribution in [3.05, 3.63) is 0 Å². The lowest BCUT2D eigenvalue weighted by molar-refractivity contribution is -0.129. The molecule has 0 spiro atoms. The molecule has 1 rings (SSSR count). The molecule has 2 amide bonds. The van der Waals surface area contributed by atoms with Gasteiger partial charge < -0.3 is 16.0 Å². The fourth-order valence-electron chi connectivity index (χ4n) is 2.12. The number of Topliss-reactive ketones (excluding diaryl/α,β-unsaturated/α-hetero) is 1. The van der Waals surface area contributed by atoms with Crippen LogP contribution in [0.15, 0.2) is 0 Å². The number of hydrogen-bond donors (Lipinski definition) is 3. The largest absolute Gasteiger partial charge is 0.356 e. The van der Waals surface area contributed by atoms with Gasteiger partial charge in [0.05, 0.1) is 12.1 Å². The average Bonchev–Trinajstić information content (AvgIpc) is 2.36. The molecule has 0 unspecified atom stereocenters. The van der Waals surface area contributed by atoms with Crippen molar-refractivity contribution in [2.45, 2.75) is 51.1 Å². The van der Waals surface area contributed by atoms with E-state index in [9.17, 15) is 14.4 Å². The van der Waals surface area contributed by atoms with Gasteiger partial charge in [-0.1, -0.05) is 0 Å². The van der Waals surface area contributed by atoms with Gasteiger partial charge in [0.25, 0.3) is 0 Å². The van der Waals surface area contributed by atoms with E-state index in [1.807, 2.05) is 0 Å². The first-order valence-electron chi connectivity index (χ1n) is 6.79. The smallest absolute Gasteiger partial charge is 0.237 e. The van der Waals surface area contributed by atoms with Gasteiger partial charge >= 0.3 is 0 Å². The lowest BCUT2D eigenvalue weighted by atomic mass is 10.0. The zero-order valence-corrected chi connectivity index (χ0v) is 11.6. The van der Waals surface area contributed by atoms with Gasteiger partial charge in [-0.05, 0) is 39.7 Å². The molecule has 0 aromatic heterocycles.